The Morgan fingerprint density at radius 2 is 1.63 bits per heavy atom. The fourth-order valence-electron chi connectivity index (χ4n) is 3.02. The van der Waals surface area contributed by atoms with Gasteiger partial charge < -0.3 is 15.5 Å². The number of quaternary nitrogens is 1. The molecule has 0 saturated carbocycles. The van der Waals surface area contributed by atoms with Crippen molar-refractivity contribution in [3.63, 3.8) is 0 Å². The van der Waals surface area contributed by atoms with E-state index < -0.39 is 10.0 Å². The third kappa shape index (κ3) is 6.02. The molecule has 1 aliphatic rings. The molecule has 2 rings (SSSR count). The number of benzene rings is 1. The largest absolute Gasteiger partial charge is 0.351 e. The molecule has 0 radical (unpaired) electrons. The maximum absolute atomic E-state index is 12.5. The van der Waals surface area contributed by atoms with E-state index in [1.807, 2.05) is 13.8 Å². The normalized spacial score (nSPS) is 16.1. The molecule has 0 bridgehead atoms. The Morgan fingerprint density at radius 3 is 2.19 bits per heavy atom. The molecule has 8 nitrogen and oxygen atoms in total. The van der Waals surface area contributed by atoms with Crippen LogP contribution in [0.4, 0.5) is 5.69 Å². The monoisotopic (exact) mass is 397 g/mol. The van der Waals surface area contributed by atoms with E-state index in [0.717, 1.165) is 17.7 Å². The molecule has 27 heavy (non-hydrogen) atoms. The third-order valence-corrected chi connectivity index (χ3v) is 6.45. The highest BCUT2D eigenvalue weighted by Gasteiger charge is 2.27. The molecule has 1 aromatic carbocycles. The molecule has 0 aliphatic carbocycles. The number of nitrogens with zero attached hydrogens (tertiary/aromatic N) is 1. The topological polar surface area (TPSA) is 100 Å². The number of rotatable bonds is 9. The van der Waals surface area contributed by atoms with Crippen molar-refractivity contribution in [1.29, 1.82) is 0 Å². The van der Waals surface area contributed by atoms with Crippen LogP contribution in [-0.4, -0.2) is 63.8 Å². The predicted octanol–water partition coefficient (Wildman–Crippen LogP) is -0.549. The van der Waals surface area contributed by atoms with E-state index in [1.165, 1.54) is 16.4 Å². The molecule has 1 fully saturated rings. The van der Waals surface area contributed by atoms with Crippen LogP contribution in [0.2, 0.25) is 0 Å². The summed E-state index contributed by atoms with van der Waals surface area (Å²) in [5.74, 6) is -0.301. The Hall–Kier alpha value is -1.97. The van der Waals surface area contributed by atoms with Gasteiger partial charge in [-0.3, -0.25) is 9.59 Å². The average Bonchev–Trinajstić information content (AvgIpc) is 3.17. The van der Waals surface area contributed by atoms with Crippen LogP contribution in [0.3, 0.4) is 0 Å². The van der Waals surface area contributed by atoms with Gasteiger partial charge in [0.1, 0.15) is 0 Å². The highest BCUT2D eigenvalue weighted by molar-refractivity contribution is 7.89. The molecule has 3 N–H and O–H groups in total. The Bertz CT molecular complexity index is 743. The second kappa shape index (κ2) is 9.82. The Morgan fingerprint density at radius 1 is 1.04 bits per heavy atom. The second-order valence-electron chi connectivity index (χ2n) is 6.59. The molecule has 1 aromatic rings. The molecular formula is C18H29N4O4S+. The number of likely N-dealkylation sites (N-methyl/N-ethyl adjacent to an activating group) is 2. The van der Waals surface area contributed by atoms with Gasteiger partial charge in [0.25, 0.3) is 11.8 Å². The van der Waals surface area contributed by atoms with E-state index in [-0.39, 0.29) is 29.8 Å². The lowest BCUT2D eigenvalue weighted by Crippen LogP contribution is -3.14. The van der Waals surface area contributed by atoms with Gasteiger partial charge in [-0.05, 0) is 51.0 Å². The molecule has 0 aromatic heterocycles. The summed E-state index contributed by atoms with van der Waals surface area (Å²) in [7, 11) is -3.45. The maximum Gasteiger partial charge on any atom is 0.279 e. The Kier molecular flexibility index (Phi) is 7.76. The van der Waals surface area contributed by atoms with E-state index in [9.17, 15) is 18.0 Å². The van der Waals surface area contributed by atoms with Crippen LogP contribution in [0.25, 0.3) is 0 Å². The first-order chi connectivity index (χ1) is 12.9. The zero-order valence-electron chi connectivity index (χ0n) is 16.0. The molecule has 0 spiro atoms. The lowest BCUT2D eigenvalue weighted by atomic mass is 10.3. The minimum atomic E-state index is -3.45. The lowest BCUT2D eigenvalue weighted by molar-refractivity contribution is -0.881. The van der Waals surface area contributed by atoms with Crippen molar-refractivity contribution in [2.45, 2.75) is 31.6 Å². The summed E-state index contributed by atoms with van der Waals surface area (Å²) in [4.78, 5) is 25.0. The fourth-order valence-corrected chi connectivity index (χ4v) is 4.54. The van der Waals surface area contributed by atoms with Crippen molar-refractivity contribution in [3.8, 4) is 0 Å². The number of carbonyl (C=O) groups is 2. The fraction of sp³-hybridized carbons (Fsp3) is 0.556. The first kappa shape index (κ1) is 21.3. The first-order valence-electron chi connectivity index (χ1n) is 9.37. The molecule has 1 heterocycles. The molecule has 150 valence electrons. The summed E-state index contributed by atoms with van der Waals surface area (Å²) in [6.07, 6.45) is 1.78. The summed E-state index contributed by atoms with van der Waals surface area (Å²) < 4.78 is 26.5. The van der Waals surface area contributed by atoms with Crippen molar-refractivity contribution in [3.05, 3.63) is 24.3 Å². The van der Waals surface area contributed by atoms with Crippen molar-refractivity contribution >= 4 is 27.5 Å². The van der Waals surface area contributed by atoms with Crippen LogP contribution >= 0.6 is 0 Å². The van der Waals surface area contributed by atoms with Gasteiger partial charge in [-0.1, -0.05) is 0 Å². The lowest BCUT2D eigenvalue weighted by Gasteiger charge is -2.17. The number of hydrogen-bond donors (Lipinski definition) is 3. The summed E-state index contributed by atoms with van der Waals surface area (Å²) in [5.41, 5.74) is 0.536. The van der Waals surface area contributed by atoms with E-state index in [4.69, 9.17) is 0 Å². The van der Waals surface area contributed by atoms with Crippen molar-refractivity contribution < 1.29 is 22.9 Å². The van der Waals surface area contributed by atoms with Gasteiger partial charge in [-0.25, -0.2) is 8.42 Å². The maximum atomic E-state index is 12.5. The van der Waals surface area contributed by atoms with Crippen LogP contribution in [0.1, 0.15) is 26.7 Å². The van der Waals surface area contributed by atoms with Gasteiger partial charge in [-0.15, -0.1) is 0 Å². The molecule has 1 saturated heterocycles. The van der Waals surface area contributed by atoms with Crippen LogP contribution in [0.5, 0.6) is 0 Å². The van der Waals surface area contributed by atoms with Crippen molar-refractivity contribution in [2.75, 3.05) is 44.6 Å². The SMILES string of the molecule is CCNC(=O)C[NH+](CC)CC(=O)Nc1ccc(S(=O)(=O)N2CCCC2)cc1. The summed E-state index contributed by atoms with van der Waals surface area (Å²) in [6.45, 7) is 6.51. The van der Waals surface area contributed by atoms with Gasteiger partial charge in [0.2, 0.25) is 10.0 Å². The van der Waals surface area contributed by atoms with Gasteiger partial charge in [0.15, 0.2) is 13.1 Å². The van der Waals surface area contributed by atoms with Crippen molar-refractivity contribution in [1.82, 2.24) is 9.62 Å². The number of sulfonamides is 1. The van der Waals surface area contributed by atoms with Gasteiger partial charge >= 0.3 is 0 Å². The minimum absolute atomic E-state index is 0.0846. The Labute approximate surface area is 161 Å². The number of anilines is 1. The third-order valence-electron chi connectivity index (χ3n) is 4.54. The molecule has 9 heteroatoms. The number of hydrogen-bond acceptors (Lipinski definition) is 4. The molecule has 2 amide bonds. The standard InChI is InChI=1S/C18H28N4O4S/c1-3-19-17(23)13-21(4-2)14-18(24)20-15-7-9-16(10-8-15)27(25,26)22-11-5-6-12-22/h7-10H,3-6,11-14H2,1-2H3,(H,19,23)(H,20,24)/p+1. The number of nitrogens with one attached hydrogen (secondary N) is 3. The summed E-state index contributed by atoms with van der Waals surface area (Å²) in [5, 5.41) is 5.48. The minimum Gasteiger partial charge on any atom is -0.351 e. The smallest absolute Gasteiger partial charge is 0.279 e. The quantitative estimate of drug-likeness (QED) is 0.521. The summed E-state index contributed by atoms with van der Waals surface area (Å²) >= 11 is 0. The molecule has 1 aliphatic heterocycles. The average molecular weight is 398 g/mol. The zero-order chi connectivity index (χ0) is 19.9. The van der Waals surface area contributed by atoms with E-state index in [2.05, 4.69) is 10.6 Å². The van der Waals surface area contributed by atoms with E-state index in [1.54, 1.807) is 12.1 Å². The van der Waals surface area contributed by atoms with Crippen LogP contribution in [-0.2, 0) is 19.6 Å². The van der Waals surface area contributed by atoms with Crippen LogP contribution < -0.4 is 15.5 Å². The van der Waals surface area contributed by atoms with E-state index >= 15 is 0 Å². The second-order valence-corrected chi connectivity index (χ2v) is 8.53. The number of carbonyl (C=O) groups excluding carboxylic acids is 2. The number of amides is 2. The Balaban J connectivity index is 1.93. The highest BCUT2D eigenvalue weighted by atomic mass is 32.2. The zero-order valence-corrected chi connectivity index (χ0v) is 16.8. The highest BCUT2D eigenvalue weighted by Crippen LogP contribution is 2.22. The van der Waals surface area contributed by atoms with Gasteiger partial charge in [0.05, 0.1) is 11.4 Å². The molecule has 1 unspecified atom stereocenters. The molecule has 1 atom stereocenters. The van der Waals surface area contributed by atoms with Crippen molar-refractivity contribution in [2.24, 2.45) is 0 Å². The van der Waals surface area contributed by atoms with Crippen LogP contribution in [0.15, 0.2) is 29.2 Å². The van der Waals surface area contributed by atoms with Gasteiger partial charge in [-0.2, -0.15) is 4.31 Å². The van der Waals surface area contributed by atoms with Crippen LogP contribution in [0, 0.1) is 0 Å². The van der Waals surface area contributed by atoms with Gasteiger partial charge in [0, 0.05) is 25.3 Å². The summed E-state index contributed by atoms with van der Waals surface area (Å²) in [6, 6.07) is 6.22. The van der Waals surface area contributed by atoms with E-state index in [0.29, 0.717) is 31.9 Å². The first-order valence-corrected chi connectivity index (χ1v) is 10.8. The molecular weight excluding hydrogens is 368 g/mol. The predicted molar refractivity (Wildman–Crippen MR) is 103 cm³/mol.